The zero-order chi connectivity index (χ0) is 23.4. The van der Waals surface area contributed by atoms with Crippen LogP contribution in [-0.4, -0.2) is 34.0 Å². The lowest BCUT2D eigenvalue weighted by molar-refractivity contribution is -0.139. The number of methoxy groups -OCH3 is 1. The lowest BCUT2D eigenvalue weighted by Gasteiger charge is -2.34. The molecular formula is C27H33N3O3. The van der Waals surface area contributed by atoms with E-state index in [1.165, 1.54) is 6.42 Å². The largest absolute Gasteiger partial charge is 0.495 e. The summed E-state index contributed by atoms with van der Waals surface area (Å²) < 4.78 is 7.21. The molecule has 0 radical (unpaired) electrons. The van der Waals surface area contributed by atoms with Crippen molar-refractivity contribution >= 4 is 16.8 Å². The third kappa shape index (κ3) is 4.52. The summed E-state index contributed by atoms with van der Waals surface area (Å²) in [5.74, 6) is 1.38. The van der Waals surface area contributed by atoms with E-state index in [-0.39, 0.29) is 23.4 Å². The van der Waals surface area contributed by atoms with Crippen molar-refractivity contribution in [1.82, 2.24) is 14.5 Å². The van der Waals surface area contributed by atoms with Crippen molar-refractivity contribution in [2.75, 3.05) is 13.7 Å². The van der Waals surface area contributed by atoms with E-state index in [1.54, 1.807) is 17.7 Å². The maximum Gasteiger partial charge on any atom is 0.266 e. The number of ether oxygens (including phenoxy) is 1. The van der Waals surface area contributed by atoms with Gasteiger partial charge in [0.05, 0.1) is 29.7 Å². The third-order valence-corrected chi connectivity index (χ3v) is 6.67. The highest BCUT2D eigenvalue weighted by Crippen LogP contribution is 2.31. The summed E-state index contributed by atoms with van der Waals surface area (Å²) in [4.78, 5) is 34.2. The lowest BCUT2D eigenvalue weighted by atomic mass is 9.88. The maximum atomic E-state index is 13.7. The Bertz CT molecular complexity index is 1180. The van der Waals surface area contributed by atoms with Gasteiger partial charge in [0.25, 0.3) is 5.56 Å². The van der Waals surface area contributed by atoms with Crippen molar-refractivity contribution in [1.29, 1.82) is 0 Å². The Balaban J connectivity index is 1.89. The maximum absolute atomic E-state index is 13.7. The number of nitrogens with zero attached hydrogens (tertiary/aromatic N) is 3. The number of carbonyl (C=O) groups excluding carboxylic acids is 1. The molecule has 4 rings (SSSR count). The van der Waals surface area contributed by atoms with Crippen LogP contribution in [0.15, 0.2) is 53.3 Å². The van der Waals surface area contributed by atoms with E-state index < -0.39 is 0 Å². The zero-order valence-corrected chi connectivity index (χ0v) is 19.8. The van der Waals surface area contributed by atoms with Crippen LogP contribution in [0.3, 0.4) is 0 Å². The molecule has 0 saturated heterocycles. The predicted molar refractivity (Wildman–Crippen MR) is 131 cm³/mol. The number of amides is 1. The van der Waals surface area contributed by atoms with Gasteiger partial charge in [0, 0.05) is 12.5 Å². The van der Waals surface area contributed by atoms with Crippen LogP contribution < -0.4 is 10.3 Å². The number of aromatic nitrogens is 2. The number of rotatable bonds is 7. The number of fused-ring (bicyclic) bond motifs is 1. The third-order valence-electron chi connectivity index (χ3n) is 6.67. The molecule has 1 aliphatic carbocycles. The zero-order valence-electron chi connectivity index (χ0n) is 19.8. The summed E-state index contributed by atoms with van der Waals surface area (Å²) in [7, 11) is 1.59. The molecule has 33 heavy (non-hydrogen) atoms. The Morgan fingerprint density at radius 1 is 1.12 bits per heavy atom. The fraction of sp³-hybridized carbons (Fsp3) is 0.444. The molecule has 0 bridgehead atoms. The van der Waals surface area contributed by atoms with Gasteiger partial charge in [-0.25, -0.2) is 4.98 Å². The number of carbonyl (C=O) groups is 1. The second kappa shape index (κ2) is 10.2. The summed E-state index contributed by atoms with van der Waals surface area (Å²) in [6.07, 6.45) is 6.13. The molecule has 2 aromatic carbocycles. The predicted octanol–water partition coefficient (Wildman–Crippen LogP) is 5.27. The Hall–Kier alpha value is -3.15. The quantitative estimate of drug-likeness (QED) is 0.495. The van der Waals surface area contributed by atoms with Crippen molar-refractivity contribution in [3.63, 3.8) is 0 Å². The number of para-hydroxylation sites is 3. The van der Waals surface area contributed by atoms with Crippen LogP contribution in [0, 0.1) is 5.92 Å². The molecule has 1 heterocycles. The Morgan fingerprint density at radius 3 is 2.55 bits per heavy atom. The molecule has 6 nitrogen and oxygen atoms in total. The number of benzene rings is 2. The van der Waals surface area contributed by atoms with Crippen LogP contribution in [0.1, 0.15) is 64.2 Å². The van der Waals surface area contributed by atoms with Crippen molar-refractivity contribution in [3.05, 3.63) is 64.7 Å². The van der Waals surface area contributed by atoms with Gasteiger partial charge in [-0.2, -0.15) is 0 Å². The van der Waals surface area contributed by atoms with Crippen LogP contribution >= 0.6 is 0 Å². The van der Waals surface area contributed by atoms with E-state index in [0.29, 0.717) is 34.7 Å². The van der Waals surface area contributed by atoms with Gasteiger partial charge in [0.1, 0.15) is 11.6 Å². The van der Waals surface area contributed by atoms with Crippen molar-refractivity contribution in [2.45, 2.75) is 58.4 Å². The first kappa shape index (κ1) is 23.0. The van der Waals surface area contributed by atoms with Crippen molar-refractivity contribution in [3.8, 4) is 11.4 Å². The summed E-state index contributed by atoms with van der Waals surface area (Å²) in [5.41, 5.74) is 1.11. The topological polar surface area (TPSA) is 64.4 Å². The molecule has 1 saturated carbocycles. The second-order valence-corrected chi connectivity index (χ2v) is 8.84. The molecule has 1 aliphatic rings. The molecule has 0 spiro atoms. The average molecular weight is 448 g/mol. The molecule has 6 heteroatoms. The van der Waals surface area contributed by atoms with Crippen LogP contribution in [0.4, 0.5) is 0 Å². The van der Waals surface area contributed by atoms with Gasteiger partial charge in [-0.05, 0) is 50.5 Å². The van der Waals surface area contributed by atoms with Gasteiger partial charge < -0.3 is 9.64 Å². The SMILES string of the molecule is CCCN(C(=O)C1CCCCC1)C(C)c1nc2ccccc2c(=O)n1-c1ccccc1OC. The molecule has 174 valence electrons. The van der Waals surface area contributed by atoms with E-state index >= 15 is 0 Å². The smallest absolute Gasteiger partial charge is 0.266 e. The monoisotopic (exact) mass is 447 g/mol. The summed E-state index contributed by atoms with van der Waals surface area (Å²) >= 11 is 0. The Morgan fingerprint density at radius 2 is 1.82 bits per heavy atom. The highest BCUT2D eigenvalue weighted by molar-refractivity contribution is 5.80. The van der Waals surface area contributed by atoms with E-state index in [2.05, 4.69) is 6.92 Å². The van der Waals surface area contributed by atoms with Gasteiger partial charge in [0.15, 0.2) is 0 Å². The minimum atomic E-state index is -0.360. The lowest BCUT2D eigenvalue weighted by Crippen LogP contribution is -2.41. The second-order valence-electron chi connectivity index (χ2n) is 8.84. The van der Waals surface area contributed by atoms with E-state index in [0.717, 1.165) is 32.1 Å². The van der Waals surface area contributed by atoms with Crippen molar-refractivity contribution < 1.29 is 9.53 Å². The minimum absolute atomic E-state index is 0.0552. The van der Waals surface area contributed by atoms with E-state index in [9.17, 15) is 9.59 Å². The Kier molecular flexibility index (Phi) is 7.11. The van der Waals surface area contributed by atoms with E-state index in [1.807, 2.05) is 54.3 Å². The molecule has 1 atom stereocenters. The fourth-order valence-corrected chi connectivity index (χ4v) is 4.94. The molecule has 1 aromatic heterocycles. The molecule has 1 amide bonds. The first-order valence-electron chi connectivity index (χ1n) is 12.0. The first-order valence-corrected chi connectivity index (χ1v) is 12.0. The molecular weight excluding hydrogens is 414 g/mol. The summed E-state index contributed by atoms with van der Waals surface area (Å²) in [5, 5.41) is 0.542. The molecule has 0 N–H and O–H groups in total. The van der Waals surface area contributed by atoms with Crippen LogP contribution in [0.5, 0.6) is 5.75 Å². The van der Waals surface area contributed by atoms with Crippen molar-refractivity contribution in [2.24, 2.45) is 5.92 Å². The highest BCUT2D eigenvalue weighted by atomic mass is 16.5. The van der Waals surface area contributed by atoms with Gasteiger partial charge in [-0.15, -0.1) is 0 Å². The van der Waals surface area contributed by atoms with Gasteiger partial charge in [-0.1, -0.05) is 50.5 Å². The summed E-state index contributed by atoms with van der Waals surface area (Å²) in [6.45, 7) is 4.69. The summed E-state index contributed by atoms with van der Waals surface area (Å²) in [6, 6.07) is 14.5. The fourth-order valence-electron chi connectivity index (χ4n) is 4.94. The van der Waals surface area contributed by atoms with Crippen LogP contribution in [0.2, 0.25) is 0 Å². The van der Waals surface area contributed by atoms with Gasteiger partial charge in [0.2, 0.25) is 5.91 Å². The van der Waals surface area contributed by atoms with Crippen LogP contribution in [0.25, 0.3) is 16.6 Å². The molecule has 0 aliphatic heterocycles. The van der Waals surface area contributed by atoms with Crippen LogP contribution in [-0.2, 0) is 4.79 Å². The Labute approximate surface area is 195 Å². The normalized spacial score (nSPS) is 15.4. The number of hydrogen-bond acceptors (Lipinski definition) is 4. The number of hydrogen-bond donors (Lipinski definition) is 0. The van der Waals surface area contributed by atoms with Gasteiger partial charge >= 0.3 is 0 Å². The molecule has 1 fully saturated rings. The molecule has 1 unspecified atom stereocenters. The van der Waals surface area contributed by atoms with E-state index in [4.69, 9.17) is 9.72 Å². The standard InChI is InChI=1S/C27H33N3O3/c1-4-18-29(26(31)20-12-6-5-7-13-20)19(2)25-28-22-15-9-8-14-21(22)27(32)30(25)23-16-10-11-17-24(23)33-3/h8-11,14-17,19-20H,4-7,12-13,18H2,1-3H3. The van der Waals surface area contributed by atoms with Gasteiger partial charge in [-0.3, -0.25) is 14.2 Å². The average Bonchev–Trinajstić information content (AvgIpc) is 2.87. The first-order chi connectivity index (χ1) is 16.1. The minimum Gasteiger partial charge on any atom is -0.495 e. The highest BCUT2D eigenvalue weighted by Gasteiger charge is 2.31. The molecule has 3 aromatic rings.